The van der Waals surface area contributed by atoms with Crippen LogP contribution >= 0.6 is 27.5 Å². The van der Waals surface area contributed by atoms with Gasteiger partial charge in [0, 0.05) is 4.47 Å². The molecule has 0 spiro atoms. The Morgan fingerprint density at radius 2 is 2.31 bits per heavy atom. The Morgan fingerprint density at radius 3 is 2.85 bits per heavy atom. The first-order valence-electron chi connectivity index (χ1n) is 3.71. The Hall–Kier alpha value is -0.540. The van der Waals surface area contributed by atoms with Gasteiger partial charge in [-0.05, 0) is 24.1 Å². The highest BCUT2D eigenvalue weighted by molar-refractivity contribution is 9.10. The van der Waals surface area contributed by atoms with E-state index < -0.39 is 11.3 Å². The van der Waals surface area contributed by atoms with Crippen molar-refractivity contribution >= 4 is 33.5 Å². The summed E-state index contributed by atoms with van der Waals surface area (Å²) in [5.41, 5.74) is 0.914. The Morgan fingerprint density at radius 1 is 1.62 bits per heavy atom. The number of aliphatic carboxylic acids is 1. The summed E-state index contributed by atoms with van der Waals surface area (Å²) in [7, 11) is 0. The van der Waals surface area contributed by atoms with Crippen molar-refractivity contribution < 1.29 is 9.90 Å². The number of carboxylic acids is 1. The van der Waals surface area contributed by atoms with Crippen LogP contribution in [0.4, 0.5) is 0 Å². The molecular formula is C9H8BrClO2. The average molecular weight is 264 g/mol. The van der Waals surface area contributed by atoms with Crippen molar-refractivity contribution in [2.75, 3.05) is 0 Å². The van der Waals surface area contributed by atoms with Crippen LogP contribution in [0.1, 0.15) is 5.56 Å². The highest BCUT2D eigenvalue weighted by Crippen LogP contribution is 2.14. The molecule has 70 valence electrons. The van der Waals surface area contributed by atoms with E-state index >= 15 is 0 Å². The van der Waals surface area contributed by atoms with E-state index in [9.17, 15) is 4.79 Å². The molecule has 0 bridgehead atoms. The third kappa shape index (κ3) is 3.36. The first kappa shape index (κ1) is 10.5. The van der Waals surface area contributed by atoms with Gasteiger partial charge in [0.1, 0.15) is 5.38 Å². The molecule has 0 fully saturated rings. The molecule has 0 amide bonds. The van der Waals surface area contributed by atoms with Gasteiger partial charge in [0.15, 0.2) is 0 Å². The fourth-order valence-corrected chi connectivity index (χ4v) is 1.58. The van der Waals surface area contributed by atoms with Crippen LogP contribution in [0.2, 0.25) is 0 Å². The zero-order chi connectivity index (χ0) is 9.84. The normalized spacial score (nSPS) is 12.5. The number of rotatable bonds is 3. The molecule has 0 aliphatic carbocycles. The summed E-state index contributed by atoms with van der Waals surface area (Å²) in [5.74, 6) is -0.985. The number of hydrogen-bond acceptors (Lipinski definition) is 1. The van der Waals surface area contributed by atoms with Crippen molar-refractivity contribution in [1.29, 1.82) is 0 Å². The number of halogens is 2. The Balaban J connectivity index is 2.69. The summed E-state index contributed by atoms with van der Waals surface area (Å²) in [4.78, 5) is 10.4. The topological polar surface area (TPSA) is 37.3 Å². The molecule has 0 aliphatic rings. The molecule has 1 N–H and O–H groups in total. The lowest BCUT2D eigenvalue weighted by Crippen LogP contribution is -2.15. The molecule has 0 saturated heterocycles. The zero-order valence-corrected chi connectivity index (χ0v) is 9.05. The summed E-state index contributed by atoms with van der Waals surface area (Å²) in [6, 6.07) is 7.44. The van der Waals surface area contributed by atoms with E-state index in [1.54, 1.807) is 0 Å². The summed E-state index contributed by atoms with van der Waals surface area (Å²) < 4.78 is 0.930. The van der Waals surface area contributed by atoms with Crippen molar-refractivity contribution in [2.45, 2.75) is 11.8 Å². The number of benzene rings is 1. The molecule has 4 heteroatoms. The van der Waals surface area contributed by atoms with E-state index in [1.807, 2.05) is 24.3 Å². The van der Waals surface area contributed by atoms with Gasteiger partial charge in [0.25, 0.3) is 0 Å². The van der Waals surface area contributed by atoms with E-state index in [-0.39, 0.29) is 0 Å². The van der Waals surface area contributed by atoms with Crippen LogP contribution in [0.3, 0.4) is 0 Å². The fourth-order valence-electron chi connectivity index (χ4n) is 0.958. The lowest BCUT2D eigenvalue weighted by molar-refractivity contribution is -0.136. The van der Waals surface area contributed by atoms with E-state index in [0.717, 1.165) is 10.0 Å². The van der Waals surface area contributed by atoms with Gasteiger partial charge in [-0.2, -0.15) is 0 Å². The van der Waals surface area contributed by atoms with Gasteiger partial charge >= 0.3 is 5.97 Å². The number of carbonyl (C=O) groups is 1. The SMILES string of the molecule is O=C(O)C(Cl)Cc1cccc(Br)c1. The molecule has 1 unspecified atom stereocenters. The van der Waals surface area contributed by atoms with Crippen molar-refractivity contribution in [3.63, 3.8) is 0 Å². The Labute approximate surface area is 89.7 Å². The first-order valence-corrected chi connectivity index (χ1v) is 4.94. The van der Waals surface area contributed by atoms with Gasteiger partial charge in [-0.25, -0.2) is 0 Å². The second kappa shape index (κ2) is 4.63. The molecular weight excluding hydrogens is 255 g/mol. The predicted molar refractivity (Wildman–Crippen MR) is 55.1 cm³/mol. The fraction of sp³-hybridized carbons (Fsp3) is 0.222. The minimum atomic E-state index is -0.985. The molecule has 0 aromatic heterocycles. The quantitative estimate of drug-likeness (QED) is 0.851. The lowest BCUT2D eigenvalue weighted by Gasteiger charge is -2.04. The van der Waals surface area contributed by atoms with Gasteiger partial charge in [0.2, 0.25) is 0 Å². The number of carboxylic acid groups (broad SMARTS) is 1. The molecule has 0 saturated carbocycles. The van der Waals surface area contributed by atoms with E-state index in [0.29, 0.717) is 6.42 Å². The maximum atomic E-state index is 10.4. The molecule has 1 atom stereocenters. The average Bonchev–Trinajstić information content (AvgIpc) is 2.04. The van der Waals surface area contributed by atoms with E-state index in [2.05, 4.69) is 15.9 Å². The second-order valence-electron chi connectivity index (χ2n) is 2.64. The van der Waals surface area contributed by atoms with Crippen LogP contribution in [0.15, 0.2) is 28.7 Å². The first-order chi connectivity index (χ1) is 6.09. The van der Waals surface area contributed by atoms with Crippen LogP contribution in [0, 0.1) is 0 Å². The summed E-state index contributed by atoms with van der Waals surface area (Å²) >= 11 is 8.89. The molecule has 13 heavy (non-hydrogen) atoms. The molecule has 0 heterocycles. The molecule has 1 aromatic carbocycles. The highest BCUT2D eigenvalue weighted by atomic mass is 79.9. The van der Waals surface area contributed by atoms with Crippen LogP contribution in [-0.4, -0.2) is 16.5 Å². The largest absolute Gasteiger partial charge is 0.480 e. The van der Waals surface area contributed by atoms with E-state index in [1.165, 1.54) is 0 Å². The van der Waals surface area contributed by atoms with Crippen molar-refractivity contribution in [1.82, 2.24) is 0 Å². The maximum absolute atomic E-state index is 10.4. The van der Waals surface area contributed by atoms with Gasteiger partial charge in [-0.1, -0.05) is 28.1 Å². The third-order valence-electron chi connectivity index (χ3n) is 1.57. The Kier molecular flexibility index (Phi) is 3.75. The monoisotopic (exact) mass is 262 g/mol. The third-order valence-corrected chi connectivity index (χ3v) is 2.41. The molecule has 0 aliphatic heterocycles. The number of hydrogen-bond donors (Lipinski definition) is 1. The van der Waals surface area contributed by atoms with Crippen LogP contribution < -0.4 is 0 Å². The predicted octanol–water partition coefficient (Wildman–Crippen LogP) is 2.68. The van der Waals surface area contributed by atoms with Gasteiger partial charge < -0.3 is 5.11 Å². The minimum Gasteiger partial charge on any atom is -0.480 e. The van der Waals surface area contributed by atoms with Crippen molar-refractivity contribution in [2.24, 2.45) is 0 Å². The van der Waals surface area contributed by atoms with Crippen LogP contribution in [-0.2, 0) is 11.2 Å². The smallest absolute Gasteiger partial charge is 0.321 e. The molecule has 1 rings (SSSR count). The standard InChI is InChI=1S/C9H8BrClO2/c10-7-3-1-2-6(4-7)5-8(11)9(12)13/h1-4,8H,5H2,(H,12,13). The van der Waals surface area contributed by atoms with Crippen LogP contribution in [0.25, 0.3) is 0 Å². The Bertz CT molecular complexity index is 314. The molecule has 1 aromatic rings. The van der Waals surface area contributed by atoms with Crippen molar-refractivity contribution in [3.8, 4) is 0 Å². The minimum absolute atomic E-state index is 0.344. The molecule has 2 nitrogen and oxygen atoms in total. The van der Waals surface area contributed by atoms with Gasteiger partial charge in [-0.15, -0.1) is 11.6 Å². The lowest BCUT2D eigenvalue weighted by atomic mass is 10.1. The van der Waals surface area contributed by atoms with Crippen LogP contribution in [0.5, 0.6) is 0 Å². The highest BCUT2D eigenvalue weighted by Gasteiger charge is 2.13. The summed E-state index contributed by atoms with van der Waals surface area (Å²) in [5, 5.41) is 7.72. The van der Waals surface area contributed by atoms with Gasteiger partial charge in [0.05, 0.1) is 0 Å². The second-order valence-corrected chi connectivity index (χ2v) is 4.08. The zero-order valence-electron chi connectivity index (χ0n) is 6.71. The maximum Gasteiger partial charge on any atom is 0.321 e. The molecule has 0 radical (unpaired) electrons. The van der Waals surface area contributed by atoms with Crippen molar-refractivity contribution in [3.05, 3.63) is 34.3 Å². The van der Waals surface area contributed by atoms with Gasteiger partial charge in [-0.3, -0.25) is 4.79 Å². The van der Waals surface area contributed by atoms with E-state index in [4.69, 9.17) is 16.7 Å². The summed E-state index contributed by atoms with van der Waals surface area (Å²) in [6.07, 6.45) is 0.344. The number of alkyl halides is 1. The summed E-state index contributed by atoms with van der Waals surface area (Å²) in [6.45, 7) is 0.